The normalized spacial score (nSPS) is 10.8. The average molecular weight is 326 g/mol. The molecule has 2 rings (SSSR count). The zero-order chi connectivity index (χ0) is 15.2. The topological polar surface area (TPSA) is 69.9 Å². The van der Waals surface area contributed by atoms with Gasteiger partial charge in [0.25, 0.3) is 0 Å². The first-order valence-electron chi connectivity index (χ1n) is 6.72. The fraction of sp³-hybridized carbons (Fsp3) is 0.538. The van der Waals surface area contributed by atoms with Crippen molar-refractivity contribution < 1.29 is 9.53 Å². The summed E-state index contributed by atoms with van der Waals surface area (Å²) in [6.45, 7) is 4.96. The molecule has 0 N–H and O–H groups in total. The van der Waals surface area contributed by atoms with E-state index in [-0.39, 0.29) is 5.97 Å². The van der Waals surface area contributed by atoms with E-state index in [1.54, 1.807) is 0 Å². The molecule has 114 valence electrons. The summed E-state index contributed by atoms with van der Waals surface area (Å²) in [6, 6.07) is 2.03. The highest BCUT2D eigenvalue weighted by Gasteiger charge is 2.13. The van der Waals surface area contributed by atoms with Gasteiger partial charge in [0.2, 0.25) is 0 Å². The molecule has 0 atom stereocenters. The second-order valence-corrected chi connectivity index (χ2v) is 6.76. The van der Waals surface area contributed by atoms with Gasteiger partial charge in [0.05, 0.1) is 24.9 Å². The Labute approximate surface area is 131 Å². The number of nitrogens with zero attached hydrogens (tertiary/aromatic N) is 4. The van der Waals surface area contributed by atoms with Gasteiger partial charge in [-0.15, -0.1) is 10.2 Å². The monoisotopic (exact) mass is 326 g/mol. The number of carbonyl (C=O) groups is 1. The molecule has 0 spiro atoms. The lowest BCUT2D eigenvalue weighted by molar-refractivity contribution is -0.140. The van der Waals surface area contributed by atoms with Crippen molar-refractivity contribution in [2.45, 2.75) is 37.6 Å². The van der Waals surface area contributed by atoms with Gasteiger partial charge >= 0.3 is 5.97 Å². The van der Waals surface area contributed by atoms with Crippen LogP contribution >= 0.6 is 23.1 Å². The Balaban J connectivity index is 2.04. The number of aromatic nitrogens is 4. The lowest BCUT2D eigenvalue weighted by Crippen LogP contribution is -2.01. The van der Waals surface area contributed by atoms with E-state index in [9.17, 15) is 4.79 Å². The number of hydrogen-bond donors (Lipinski definition) is 0. The first-order valence-corrected chi connectivity index (χ1v) is 8.52. The predicted molar refractivity (Wildman–Crippen MR) is 83.5 cm³/mol. The first kappa shape index (κ1) is 16.0. The highest BCUT2D eigenvalue weighted by molar-refractivity contribution is 8.01. The number of esters is 1. The molecule has 0 aliphatic carbocycles. The maximum absolute atomic E-state index is 11.1. The molecule has 21 heavy (non-hydrogen) atoms. The van der Waals surface area contributed by atoms with E-state index in [1.165, 1.54) is 30.2 Å². The van der Waals surface area contributed by atoms with E-state index in [4.69, 9.17) is 0 Å². The minimum Gasteiger partial charge on any atom is -0.469 e. The van der Waals surface area contributed by atoms with Gasteiger partial charge < -0.3 is 4.74 Å². The van der Waals surface area contributed by atoms with Crippen molar-refractivity contribution in [2.24, 2.45) is 0 Å². The quantitative estimate of drug-likeness (QED) is 0.575. The molecular formula is C13H18N4O2S2. The molecular weight excluding hydrogens is 308 g/mol. The standard InChI is InChI=1S/C13H18N4O2S2/c1-4-6-17-10(8-9(2)16-17)12-14-15-13(21-12)20-7-5-11(18)19-3/h8H,4-7H2,1-3H3. The van der Waals surface area contributed by atoms with Crippen LogP contribution in [-0.4, -0.2) is 38.8 Å². The fourth-order valence-corrected chi connectivity index (χ4v) is 3.66. The summed E-state index contributed by atoms with van der Waals surface area (Å²) < 4.78 is 7.44. The Morgan fingerprint density at radius 3 is 3.00 bits per heavy atom. The predicted octanol–water partition coefficient (Wildman–Crippen LogP) is 2.78. The van der Waals surface area contributed by atoms with Crippen LogP contribution in [0, 0.1) is 6.92 Å². The van der Waals surface area contributed by atoms with E-state index in [0.29, 0.717) is 12.2 Å². The Morgan fingerprint density at radius 2 is 2.29 bits per heavy atom. The molecule has 0 bridgehead atoms. The van der Waals surface area contributed by atoms with Gasteiger partial charge in [0.1, 0.15) is 0 Å². The van der Waals surface area contributed by atoms with Crippen molar-refractivity contribution in [3.05, 3.63) is 11.8 Å². The summed E-state index contributed by atoms with van der Waals surface area (Å²) in [5.41, 5.74) is 1.99. The highest BCUT2D eigenvalue weighted by atomic mass is 32.2. The van der Waals surface area contributed by atoms with Crippen molar-refractivity contribution in [1.82, 2.24) is 20.0 Å². The SMILES string of the molecule is CCCn1nc(C)cc1-c1nnc(SCCC(=O)OC)s1. The van der Waals surface area contributed by atoms with Crippen LogP contribution in [-0.2, 0) is 16.1 Å². The second-order valence-electron chi connectivity index (χ2n) is 4.44. The minimum atomic E-state index is -0.205. The fourth-order valence-electron chi connectivity index (χ4n) is 1.80. The summed E-state index contributed by atoms with van der Waals surface area (Å²) in [5, 5.41) is 13.7. The van der Waals surface area contributed by atoms with Crippen LogP contribution in [0.2, 0.25) is 0 Å². The molecule has 2 aromatic heterocycles. The van der Waals surface area contributed by atoms with Crippen molar-refractivity contribution >= 4 is 29.1 Å². The zero-order valence-corrected chi connectivity index (χ0v) is 14.0. The van der Waals surface area contributed by atoms with Crippen molar-refractivity contribution in [1.29, 1.82) is 0 Å². The largest absolute Gasteiger partial charge is 0.469 e. The molecule has 0 saturated carbocycles. The number of methoxy groups -OCH3 is 1. The Kier molecular flexibility index (Phi) is 5.75. The molecule has 2 heterocycles. The molecule has 6 nitrogen and oxygen atoms in total. The van der Waals surface area contributed by atoms with E-state index < -0.39 is 0 Å². The van der Waals surface area contributed by atoms with Gasteiger partial charge in [0, 0.05) is 12.3 Å². The van der Waals surface area contributed by atoms with Crippen LogP contribution in [0.25, 0.3) is 10.7 Å². The van der Waals surface area contributed by atoms with Gasteiger partial charge in [-0.25, -0.2) is 0 Å². The molecule has 0 aliphatic heterocycles. The highest BCUT2D eigenvalue weighted by Crippen LogP contribution is 2.30. The van der Waals surface area contributed by atoms with Crippen LogP contribution in [0.4, 0.5) is 0 Å². The lowest BCUT2D eigenvalue weighted by atomic mass is 10.4. The minimum absolute atomic E-state index is 0.205. The second kappa shape index (κ2) is 7.56. The molecule has 0 amide bonds. The first-order chi connectivity index (χ1) is 10.1. The van der Waals surface area contributed by atoms with Crippen molar-refractivity contribution in [3.63, 3.8) is 0 Å². The summed E-state index contributed by atoms with van der Waals surface area (Å²) >= 11 is 3.05. The van der Waals surface area contributed by atoms with Gasteiger partial charge in [-0.05, 0) is 19.4 Å². The van der Waals surface area contributed by atoms with Crippen LogP contribution in [0.3, 0.4) is 0 Å². The lowest BCUT2D eigenvalue weighted by Gasteiger charge is -2.01. The molecule has 0 fully saturated rings. The number of thioether (sulfide) groups is 1. The molecule has 2 aromatic rings. The van der Waals surface area contributed by atoms with Crippen LogP contribution in [0.15, 0.2) is 10.4 Å². The maximum atomic E-state index is 11.1. The third kappa shape index (κ3) is 4.28. The Morgan fingerprint density at radius 1 is 1.48 bits per heavy atom. The summed E-state index contributed by atoms with van der Waals surface area (Å²) in [5.74, 6) is 0.443. The number of rotatable bonds is 7. The third-order valence-corrected chi connectivity index (χ3v) is 4.80. The van der Waals surface area contributed by atoms with E-state index in [2.05, 4.69) is 27.0 Å². The van der Waals surface area contributed by atoms with Crippen LogP contribution < -0.4 is 0 Å². The summed E-state index contributed by atoms with van der Waals surface area (Å²) in [6.07, 6.45) is 1.40. The van der Waals surface area contributed by atoms with Crippen molar-refractivity contribution in [3.8, 4) is 10.7 Å². The molecule has 0 aliphatic rings. The van der Waals surface area contributed by atoms with Crippen LogP contribution in [0.5, 0.6) is 0 Å². The van der Waals surface area contributed by atoms with Gasteiger partial charge in [-0.2, -0.15) is 5.10 Å². The summed E-state index contributed by atoms with van der Waals surface area (Å²) in [4.78, 5) is 11.1. The number of aryl methyl sites for hydroxylation is 2. The van der Waals surface area contributed by atoms with Crippen LogP contribution in [0.1, 0.15) is 25.5 Å². The van der Waals surface area contributed by atoms with E-state index in [0.717, 1.165) is 33.7 Å². The Bertz CT molecular complexity index is 609. The van der Waals surface area contributed by atoms with Gasteiger partial charge in [-0.1, -0.05) is 30.0 Å². The van der Waals surface area contributed by atoms with Gasteiger partial charge in [-0.3, -0.25) is 9.48 Å². The number of hydrogen-bond acceptors (Lipinski definition) is 7. The molecule has 8 heteroatoms. The zero-order valence-electron chi connectivity index (χ0n) is 12.3. The smallest absolute Gasteiger partial charge is 0.306 e. The number of carbonyl (C=O) groups excluding carboxylic acids is 1. The third-order valence-electron chi connectivity index (χ3n) is 2.72. The number of ether oxygens (including phenoxy) is 1. The molecule has 0 radical (unpaired) electrons. The molecule has 0 unspecified atom stereocenters. The Hall–Kier alpha value is -1.41. The molecule has 0 saturated heterocycles. The maximum Gasteiger partial charge on any atom is 0.306 e. The van der Waals surface area contributed by atoms with E-state index in [1.807, 2.05) is 17.7 Å². The average Bonchev–Trinajstić information content (AvgIpc) is 3.06. The summed E-state index contributed by atoms with van der Waals surface area (Å²) in [7, 11) is 1.40. The van der Waals surface area contributed by atoms with Gasteiger partial charge in [0.15, 0.2) is 9.35 Å². The molecule has 0 aromatic carbocycles. The van der Waals surface area contributed by atoms with E-state index >= 15 is 0 Å². The van der Waals surface area contributed by atoms with Crippen molar-refractivity contribution in [2.75, 3.05) is 12.9 Å².